The van der Waals surface area contributed by atoms with E-state index in [4.69, 9.17) is 0 Å². The summed E-state index contributed by atoms with van der Waals surface area (Å²) in [5.74, 6) is 0.565. The maximum absolute atomic E-state index is 3.92. The van der Waals surface area contributed by atoms with E-state index in [1.807, 2.05) is 0 Å². The number of hydrogen-bond acceptors (Lipinski definition) is 1. The van der Waals surface area contributed by atoms with Crippen LogP contribution in [0, 0.1) is 5.92 Å². The van der Waals surface area contributed by atoms with Crippen molar-refractivity contribution in [1.29, 1.82) is 0 Å². The molecule has 1 heteroatoms. The SMILES string of the molecule is CCCC[C@@H](N[C@@H](c1ccccc1)C(C)C)c1ccccc1. The molecule has 0 radical (unpaired) electrons. The first-order chi connectivity index (χ1) is 10.7. The Morgan fingerprint density at radius 1 is 0.818 bits per heavy atom. The van der Waals surface area contributed by atoms with Crippen LogP contribution in [0.25, 0.3) is 0 Å². The largest absolute Gasteiger partial charge is 0.303 e. The molecule has 0 amide bonds. The Bertz CT molecular complexity index is 518. The smallest absolute Gasteiger partial charge is 0.0348 e. The fraction of sp³-hybridized carbons (Fsp3) is 0.429. The lowest BCUT2D eigenvalue weighted by Crippen LogP contribution is -2.30. The van der Waals surface area contributed by atoms with Gasteiger partial charge in [0, 0.05) is 12.1 Å². The second kappa shape index (κ2) is 8.75. The van der Waals surface area contributed by atoms with Crippen molar-refractivity contribution < 1.29 is 0 Å². The highest BCUT2D eigenvalue weighted by Crippen LogP contribution is 2.28. The molecular formula is C21H29N. The number of unbranched alkanes of at least 4 members (excludes halogenated alkanes) is 1. The topological polar surface area (TPSA) is 12.0 Å². The van der Waals surface area contributed by atoms with Gasteiger partial charge in [-0.15, -0.1) is 0 Å². The third-order valence-corrected chi connectivity index (χ3v) is 4.25. The molecule has 0 aliphatic rings. The summed E-state index contributed by atoms with van der Waals surface area (Å²) >= 11 is 0. The molecule has 2 rings (SSSR count). The fourth-order valence-corrected chi connectivity index (χ4v) is 2.99. The lowest BCUT2D eigenvalue weighted by Gasteiger charge is -2.29. The van der Waals surface area contributed by atoms with Gasteiger partial charge < -0.3 is 5.32 Å². The molecule has 2 atom stereocenters. The molecule has 0 aliphatic heterocycles. The summed E-state index contributed by atoms with van der Waals surface area (Å²) in [5, 5.41) is 3.92. The number of nitrogens with one attached hydrogen (secondary N) is 1. The molecule has 0 spiro atoms. The van der Waals surface area contributed by atoms with Gasteiger partial charge in [-0.25, -0.2) is 0 Å². The molecule has 0 heterocycles. The summed E-state index contributed by atoms with van der Waals surface area (Å²) < 4.78 is 0. The van der Waals surface area contributed by atoms with Crippen LogP contribution < -0.4 is 5.32 Å². The van der Waals surface area contributed by atoms with Gasteiger partial charge in [-0.2, -0.15) is 0 Å². The van der Waals surface area contributed by atoms with Crippen LogP contribution in [0.15, 0.2) is 60.7 Å². The standard InChI is InChI=1S/C21H29N/c1-4-5-16-20(18-12-8-6-9-13-18)22-21(17(2)3)19-14-10-7-11-15-19/h6-15,17,20-22H,4-5,16H2,1-3H3/t20-,21-/m1/s1. The highest BCUT2D eigenvalue weighted by Gasteiger charge is 2.20. The molecule has 118 valence electrons. The molecule has 0 bridgehead atoms. The van der Waals surface area contributed by atoms with E-state index in [1.165, 1.54) is 30.4 Å². The van der Waals surface area contributed by atoms with E-state index >= 15 is 0 Å². The molecule has 2 aromatic carbocycles. The maximum Gasteiger partial charge on any atom is 0.0348 e. The monoisotopic (exact) mass is 295 g/mol. The quantitative estimate of drug-likeness (QED) is 0.639. The molecule has 0 saturated heterocycles. The fourth-order valence-electron chi connectivity index (χ4n) is 2.99. The van der Waals surface area contributed by atoms with Crippen LogP contribution in [0.2, 0.25) is 0 Å². The Morgan fingerprint density at radius 3 is 1.86 bits per heavy atom. The van der Waals surface area contributed by atoms with Crippen molar-refractivity contribution in [1.82, 2.24) is 5.32 Å². The van der Waals surface area contributed by atoms with Gasteiger partial charge in [0.05, 0.1) is 0 Å². The molecule has 2 aromatic rings. The lowest BCUT2D eigenvalue weighted by atomic mass is 9.92. The average molecular weight is 295 g/mol. The van der Waals surface area contributed by atoms with Gasteiger partial charge in [0.1, 0.15) is 0 Å². The van der Waals surface area contributed by atoms with Crippen molar-refractivity contribution in [2.75, 3.05) is 0 Å². The predicted octanol–water partition coefficient (Wildman–Crippen LogP) is 5.90. The zero-order chi connectivity index (χ0) is 15.8. The summed E-state index contributed by atoms with van der Waals surface area (Å²) in [6.07, 6.45) is 3.69. The van der Waals surface area contributed by atoms with Crippen LogP contribution >= 0.6 is 0 Å². The molecule has 0 fully saturated rings. The third-order valence-electron chi connectivity index (χ3n) is 4.25. The highest BCUT2D eigenvalue weighted by atomic mass is 15.0. The molecule has 0 aliphatic carbocycles. The Kier molecular flexibility index (Phi) is 6.67. The van der Waals surface area contributed by atoms with Gasteiger partial charge in [-0.05, 0) is 23.5 Å². The minimum absolute atomic E-state index is 0.392. The number of rotatable bonds is 8. The van der Waals surface area contributed by atoms with E-state index in [-0.39, 0.29) is 0 Å². The minimum Gasteiger partial charge on any atom is -0.303 e. The molecule has 22 heavy (non-hydrogen) atoms. The van der Waals surface area contributed by atoms with Gasteiger partial charge in [-0.1, -0.05) is 94.3 Å². The summed E-state index contributed by atoms with van der Waals surface area (Å²) in [4.78, 5) is 0. The van der Waals surface area contributed by atoms with Crippen molar-refractivity contribution in [3.05, 3.63) is 71.8 Å². The zero-order valence-corrected chi connectivity index (χ0v) is 14.1. The van der Waals surface area contributed by atoms with Crippen LogP contribution in [-0.4, -0.2) is 0 Å². The van der Waals surface area contributed by atoms with Crippen molar-refractivity contribution in [3.63, 3.8) is 0 Å². The minimum atomic E-state index is 0.392. The van der Waals surface area contributed by atoms with E-state index in [0.717, 1.165) is 0 Å². The third kappa shape index (κ3) is 4.71. The van der Waals surface area contributed by atoms with Gasteiger partial charge in [0.15, 0.2) is 0 Å². The van der Waals surface area contributed by atoms with E-state index in [1.54, 1.807) is 0 Å². The van der Waals surface area contributed by atoms with Crippen LogP contribution in [-0.2, 0) is 0 Å². The summed E-state index contributed by atoms with van der Waals surface area (Å²) in [5.41, 5.74) is 2.78. The number of hydrogen-bond donors (Lipinski definition) is 1. The van der Waals surface area contributed by atoms with Gasteiger partial charge in [0.25, 0.3) is 0 Å². The van der Waals surface area contributed by atoms with E-state index in [9.17, 15) is 0 Å². The van der Waals surface area contributed by atoms with Crippen LogP contribution in [0.1, 0.15) is 63.2 Å². The van der Waals surface area contributed by atoms with Gasteiger partial charge in [0.2, 0.25) is 0 Å². The van der Waals surface area contributed by atoms with Crippen molar-refractivity contribution in [2.24, 2.45) is 5.92 Å². The lowest BCUT2D eigenvalue weighted by molar-refractivity contribution is 0.346. The first kappa shape index (κ1) is 16.8. The van der Waals surface area contributed by atoms with E-state index < -0.39 is 0 Å². The Morgan fingerprint density at radius 2 is 1.36 bits per heavy atom. The first-order valence-corrected chi connectivity index (χ1v) is 8.58. The zero-order valence-electron chi connectivity index (χ0n) is 14.1. The molecule has 1 N–H and O–H groups in total. The van der Waals surface area contributed by atoms with Crippen LogP contribution in [0.3, 0.4) is 0 Å². The van der Waals surface area contributed by atoms with Crippen molar-refractivity contribution in [2.45, 2.75) is 52.1 Å². The van der Waals surface area contributed by atoms with Gasteiger partial charge >= 0.3 is 0 Å². The molecule has 0 unspecified atom stereocenters. The summed E-state index contributed by atoms with van der Waals surface area (Å²) in [6.45, 7) is 6.86. The van der Waals surface area contributed by atoms with E-state index in [2.05, 4.69) is 86.8 Å². The highest BCUT2D eigenvalue weighted by molar-refractivity contribution is 5.23. The predicted molar refractivity (Wildman–Crippen MR) is 95.9 cm³/mol. The van der Waals surface area contributed by atoms with E-state index in [0.29, 0.717) is 18.0 Å². The normalized spacial score (nSPS) is 14.0. The van der Waals surface area contributed by atoms with Crippen molar-refractivity contribution in [3.8, 4) is 0 Å². The Balaban J connectivity index is 2.19. The molecular weight excluding hydrogens is 266 g/mol. The average Bonchev–Trinajstić information content (AvgIpc) is 2.56. The molecule has 0 aromatic heterocycles. The Hall–Kier alpha value is -1.60. The molecule has 0 saturated carbocycles. The van der Waals surface area contributed by atoms with Crippen LogP contribution in [0.4, 0.5) is 0 Å². The summed E-state index contributed by atoms with van der Waals surface area (Å²) in [6, 6.07) is 22.5. The second-order valence-electron chi connectivity index (χ2n) is 6.40. The summed E-state index contributed by atoms with van der Waals surface area (Å²) in [7, 11) is 0. The molecule has 1 nitrogen and oxygen atoms in total. The second-order valence-corrected chi connectivity index (χ2v) is 6.40. The van der Waals surface area contributed by atoms with Gasteiger partial charge in [-0.3, -0.25) is 0 Å². The van der Waals surface area contributed by atoms with Crippen molar-refractivity contribution >= 4 is 0 Å². The first-order valence-electron chi connectivity index (χ1n) is 8.58. The Labute approximate surface area is 135 Å². The number of benzene rings is 2. The maximum atomic E-state index is 3.92. The van der Waals surface area contributed by atoms with Crippen LogP contribution in [0.5, 0.6) is 0 Å².